The first-order valence-corrected chi connectivity index (χ1v) is 47.0. The molecule has 0 aliphatic heterocycles. The first-order valence-electron chi connectivity index (χ1n) is 44.0. The van der Waals surface area contributed by atoms with Crippen LogP contribution in [0.3, 0.4) is 0 Å². The molecule has 104 heavy (non-hydrogen) atoms. The van der Waals surface area contributed by atoms with Gasteiger partial charge in [-0.3, -0.25) is 37.3 Å². The number of ether oxygens (including phenoxy) is 4. The number of carbonyl (C=O) groups is 4. The first kappa shape index (κ1) is 102. The molecule has 0 amide bonds. The monoisotopic (exact) mass is 1520 g/mol. The standard InChI is InChI=1S/C85H166O17P2/c1-7-9-11-13-15-17-19-21-23-25-26-27-28-29-33-38-42-46-50-58-64-69-84(89)101-80(73-95-82(87)67-61-55-48-44-40-36-34-30-31-35-39-43-47-53-59-65-77(3)4)75-99-103(91,92)97-71-79(86)72-98-104(93,94)100-76-81(74-96-83(88)68-62-56-52-51-54-60-66-78(5)6)102-85(90)70-63-57-49-45-41-37-32-24-22-20-18-16-14-12-10-8-2/h77-81,86H,7-76H2,1-6H3,(H,91,92)(H,93,94)/t79-,80-,81-/m1/s1. The minimum Gasteiger partial charge on any atom is -0.462 e. The summed E-state index contributed by atoms with van der Waals surface area (Å²) >= 11 is 0. The van der Waals surface area contributed by atoms with Gasteiger partial charge in [-0.25, -0.2) is 9.13 Å². The van der Waals surface area contributed by atoms with Gasteiger partial charge in [-0.15, -0.1) is 0 Å². The lowest BCUT2D eigenvalue weighted by Gasteiger charge is -2.21. The molecule has 2 unspecified atom stereocenters. The molecule has 0 aromatic rings. The highest BCUT2D eigenvalue weighted by Crippen LogP contribution is 2.45. The number of unbranched alkanes of at least 4 members (excludes halogenated alkanes) is 54. The van der Waals surface area contributed by atoms with E-state index in [-0.39, 0.29) is 25.7 Å². The summed E-state index contributed by atoms with van der Waals surface area (Å²) in [5.41, 5.74) is 0. The highest BCUT2D eigenvalue weighted by atomic mass is 31.2. The Kier molecular flexibility index (Phi) is 75.0. The van der Waals surface area contributed by atoms with Crippen molar-refractivity contribution in [2.45, 2.75) is 471 Å². The van der Waals surface area contributed by atoms with Crippen LogP contribution >= 0.6 is 15.6 Å². The third-order valence-corrected chi connectivity index (χ3v) is 21.9. The van der Waals surface area contributed by atoms with E-state index in [0.29, 0.717) is 31.6 Å². The van der Waals surface area contributed by atoms with Crippen molar-refractivity contribution in [2.24, 2.45) is 11.8 Å². The van der Waals surface area contributed by atoms with E-state index in [4.69, 9.17) is 37.0 Å². The van der Waals surface area contributed by atoms with E-state index in [9.17, 15) is 43.2 Å². The zero-order chi connectivity index (χ0) is 76.4. The molecule has 0 aliphatic rings. The van der Waals surface area contributed by atoms with Crippen LogP contribution in [0.4, 0.5) is 0 Å². The normalized spacial score (nSPS) is 13.8. The van der Waals surface area contributed by atoms with E-state index in [0.717, 1.165) is 102 Å². The molecule has 0 aliphatic carbocycles. The Hall–Kier alpha value is -1.94. The number of esters is 4. The van der Waals surface area contributed by atoms with Crippen LogP contribution in [0, 0.1) is 11.8 Å². The summed E-state index contributed by atoms with van der Waals surface area (Å²) in [6.07, 6.45) is 68.3. The Bertz CT molecular complexity index is 1990. The zero-order valence-corrected chi connectivity index (χ0v) is 70.1. The van der Waals surface area contributed by atoms with Crippen molar-refractivity contribution in [1.29, 1.82) is 0 Å². The van der Waals surface area contributed by atoms with Crippen LogP contribution in [-0.2, 0) is 65.4 Å². The lowest BCUT2D eigenvalue weighted by Crippen LogP contribution is -2.30. The van der Waals surface area contributed by atoms with Crippen molar-refractivity contribution in [3.05, 3.63) is 0 Å². The Morgan fingerprint density at radius 1 is 0.260 bits per heavy atom. The number of carbonyl (C=O) groups excluding carboxylic acids is 4. The van der Waals surface area contributed by atoms with Gasteiger partial charge in [0.25, 0.3) is 0 Å². The van der Waals surface area contributed by atoms with Gasteiger partial charge in [0.15, 0.2) is 12.2 Å². The molecule has 5 atom stereocenters. The molecule has 0 spiro atoms. The van der Waals surface area contributed by atoms with E-state index in [1.165, 1.54) is 263 Å². The molecular formula is C85H166O17P2. The minimum atomic E-state index is -4.96. The molecule has 0 aromatic heterocycles. The number of phosphoric acid groups is 2. The molecule has 0 fully saturated rings. The average Bonchev–Trinajstić information content (AvgIpc) is 0.904. The van der Waals surface area contributed by atoms with Crippen LogP contribution in [0.25, 0.3) is 0 Å². The number of aliphatic hydroxyl groups excluding tert-OH is 1. The van der Waals surface area contributed by atoms with Gasteiger partial charge in [0.05, 0.1) is 26.4 Å². The quantitative estimate of drug-likeness (QED) is 0.0222. The maximum absolute atomic E-state index is 13.1. The highest BCUT2D eigenvalue weighted by Gasteiger charge is 2.30. The van der Waals surface area contributed by atoms with Gasteiger partial charge in [-0.2, -0.15) is 0 Å². The second-order valence-electron chi connectivity index (χ2n) is 31.5. The Morgan fingerprint density at radius 2 is 0.442 bits per heavy atom. The van der Waals surface area contributed by atoms with Gasteiger partial charge >= 0.3 is 39.5 Å². The fourth-order valence-electron chi connectivity index (χ4n) is 13.2. The Balaban J connectivity index is 5.21. The molecule has 0 heterocycles. The van der Waals surface area contributed by atoms with Crippen LogP contribution in [-0.4, -0.2) is 96.7 Å². The van der Waals surface area contributed by atoms with Crippen molar-refractivity contribution in [2.75, 3.05) is 39.6 Å². The topological polar surface area (TPSA) is 237 Å². The molecule has 0 saturated heterocycles. The van der Waals surface area contributed by atoms with Crippen LogP contribution < -0.4 is 0 Å². The van der Waals surface area contributed by atoms with E-state index in [1.54, 1.807) is 0 Å². The fourth-order valence-corrected chi connectivity index (χ4v) is 14.8. The van der Waals surface area contributed by atoms with Crippen LogP contribution in [0.2, 0.25) is 0 Å². The van der Waals surface area contributed by atoms with Gasteiger partial charge < -0.3 is 33.8 Å². The highest BCUT2D eigenvalue weighted by molar-refractivity contribution is 7.47. The van der Waals surface area contributed by atoms with Crippen LogP contribution in [0.5, 0.6) is 0 Å². The van der Waals surface area contributed by atoms with Gasteiger partial charge in [0, 0.05) is 25.7 Å². The fraction of sp³-hybridized carbons (Fsp3) is 0.953. The van der Waals surface area contributed by atoms with Crippen LogP contribution in [0.15, 0.2) is 0 Å². The van der Waals surface area contributed by atoms with Crippen molar-refractivity contribution >= 4 is 39.5 Å². The molecule has 0 aromatic carbocycles. The molecule has 17 nitrogen and oxygen atoms in total. The molecule has 0 radical (unpaired) electrons. The number of rotatable bonds is 84. The maximum Gasteiger partial charge on any atom is 0.472 e. The summed E-state index contributed by atoms with van der Waals surface area (Å²) in [6.45, 7) is 9.61. The molecular weight excluding hydrogens is 1350 g/mol. The lowest BCUT2D eigenvalue weighted by atomic mass is 10.0. The second kappa shape index (κ2) is 76.4. The lowest BCUT2D eigenvalue weighted by molar-refractivity contribution is -0.161. The van der Waals surface area contributed by atoms with Crippen LogP contribution in [0.1, 0.15) is 452 Å². The predicted molar refractivity (Wildman–Crippen MR) is 428 cm³/mol. The third-order valence-electron chi connectivity index (χ3n) is 20.0. The molecule has 0 bridgehead atoms. The Morgan fingerprint density at radius 3 is 0.654 bits per heavy atom. The minimum absolute atomic E-state index is 0.107. The van der Waals surface area contributed by atoms with Gasteiger partial charge in [-0.1, -0.05) is 401 Å². The van der Waals surface area contributed by atoms with E-state index >= 15 is 0 Å². The largest absolute Gasteiger partial charge is 0.472 e. The number of phosphoric ester groups is 2. The molecule has 19 heteroatoms. The summed E-state index contributed by atoms with van der Waals surface area (Å²) in [6, 6.07) is 0. The average molecular weight is 1520 g/mol. The summed E-state index contributed by atoms with van der Waals surface area (Å²) in [7, 11) is -9.92. The van der Waals surface area contributed by atoms with Crippen molar-refractivity contribution in [1.82, 2.24) is 0 Å². The molecule has 618 valence electrons. The Labute approximate surface area is 638 Å². The smallest absolute Gasteiger partial charge is 0.462 e. The summed E-state index contributed by atoms with van der Waals surface area (Å²) in [5.74, 6) is -0.620. The summed E-state index contributed by atoms with van der Waals surface area (Å²) in [5, 5.41) is 10.7. The first-order chi connectivity index (χ1) is 50.4. The van der Waals surface area contributed by atoms with E-state index < -0.39 is 97.5 Å². The number of hydrogen-bond acceptors (Lipinski definition) is 15. The predicted octanol–water partition coefficient (Wildman–Crippen LogP) is 25.8. The number of hydrogen-bond donors (Lipinski definition) is 3. The summed E-state index contributed by atoms with van der Waals surface area (Å²) in [4.78, 5) is 73.1. The maximum atomic E-state index is 13.1. The molecule has 3 N–H and O–H groups in total. The van der Waals surface area contributed by atoms with Crippen molar-refractivity contribution in [3.63, 3.8) is 0 Å². The van der Waals surface area contributed by atoms with Gasteiger partial charge in [0.2, 0.25) is 0 Å². The number of aliphatic hydroxyl groups is 1. The zero-order valence-electron chi connectivity index (χ0n) is 68.3. The molecule has 0 saturated carbocycles. The summed E-state index contributed by atoms with van der Waals surface area (Å²) < 4.78 is 68.8. The second-order valence-corrected chi connectivity index (χ2v) is 34.4. The third kappa shape index (κ3) is 78.2. The van der Waals surface area contributed by atoms with E-state index in [1.807, 2.05) is 0 Å². The van der Waals surface area contributed by atoms with Crippen molar-refractivity contribution < 1.29 is 80.2 Å². The van der Waals surface area contributed by atoms with Crippen molar-refractivity contribution in [3.8, 4) is 0 Å². The SMILES string of the molecule is CCCCCCCCCCCCCCCCCCCCCCCC(=O)O[C@H](COC(=O)CCCCCCCCCCCCCCCCCC(C)C)COP(=O)(O)OC[C@@H](O)COP(=O)(O)OC[C@@H](COC(=O)CCCCCCCCC(C)C)OC(=O)CCCCCCCCCCCCCCCCCC. The van der Waals surface area contributed by atoms with Gasteiger partial charge in [-0.05, 0) is 37.5 Å². The van der Waals surface area contributed by atoms with Gasteiger partial charge in [0.1, 0.15) is 19.3 Å². The van der Waals surface area contributed by atoms with E-state index in [2.05, 4.69) is 41.5 Å². The molecule has 0 rings (SSSR count).